The standard InChI is InChI=1S/C17H16F6N3O3S2/c1-7-11(8(2)13(17(21,22)23)25-12(7)16(18,19)20)24-14(27)26-31(29)10-5-9(6-30-10)15(3,4)28/h5-6,28H,1-4H3,(H,24,25,27)/q-1. The molecule has 0 unspecified atom stereocenters. The molecule has 2 aromatic heterocycles. The Balaban J connectivity index is 2.48. The molecule has 0 aliphatic heterocycles. The molecule has 0 spiro atoms. The van der Waals surface area contributed by atoms with Crippen LogP contribution in [0.25, 0.3) is 0 Å². The van der Waals surface area contributed by atoms with E-state index in [1.807, 2.05) is 5.32 Å². The quantitative estimate of drug-likeness (QED) is 0.424. The molecule has 31 heavy (non-hydrogen) atoms. The highest BCUT2D eigenvalue weighted by atomic mass is 32.2. The van der Waals surface area contributed by atoms with Crippen LogP contribution in [0.2, 0.25) is 0 Å². The molecule has 6 nitrogen and oxygen atoms in total. The van der Waals surface area contributed by atoms with E-state index in [2.05, 4.69) is 9.35 Å². The number of amides is 2. The molecule has 2 aromatic rings. The molecular weight excluding hydrogens is 472 g/mol. The van der Waals surface area contributed by atoms with Crippen molar-refractivity contribution in [1.29, 1.82) is 0 Å². The van der Waals surface area contributed by atoms with Crippen molar-refractivity contribution in [3.8, 4) is 0 Å². The van der Waals surface area contributed by atoms with Gasteiger partial charge in [0.1, 0.15) is 11.4 Å². The van der Waals surface area contributed by atoms with Crippen LogP contribution in [0.5, 0.6) is 0 Å². The van der Waals surface area contributed by atoms with Gasteiger partial charge in [0, 0.05) is 11.1 Å². The first-order valence-corrected chi connectivity index (χ1v) is 10.3. The van der Waals surface area contributed by atoms with Crippen molar-refractivity contribution in [1.82, 2.24) is 4.98 Å². The fourth-order valence-corrected chi connectivity index (χ4v) is 4.41. The zero-order valence-corrected chi connectivity index (χ0v) is 18.0. The van der Waals surface area contributed by atoms with Gasteiger partial charge in [-0.3, -0.25) is 0 Å². The number of alkyl halides is 6. The summed E-state index contributed by atoms with van der Waals surface area (Å²) < 4.78 is 94.6. The lowest BCUT2D eigenvalue weighted by molar-refractivity contribution is -0.150. The Morgan fingerprint density at radius 3 is 1.97 bits per heavy atom. The summed E-state index contributed by atoms with van der Waals surface area (Å²) in [6.07, 6.45) is -10.4. The van der Waals surface area contributed by atoms with Crippen LogP contribution in [0.4, 0.5) is 36.8 Å². The molecule has 2 heterocycles. The van der Waals surface area contributed by atoms with Gasteiger partial charge in [0.15, 0.2) is 0 Å². The highest BCUT2D eigenvalue weighted by Crippen LogP contribution is 2.40. The van der Waals surface area contributed by atoms with Crippen LogP contribution in [-0.4, -0.2) is 16.1 Å². The van der Waals surface area contributed by atoms with E-state index in [4.69, 9.17) is 0 Å². The number of urea groups is 1. The van der Waals surface area contributed by atoms with Crippen LogP contribution in [0.1, 0.15) is 41.9 Å². The van der Waals surface area contributed by atoms with Gasteiger partial charge in [0.05, 0.1) is 11.3 Å². The van der Waals surface area contributed by atoms with E-state index >= 15 is 0 Å². The molecule has 0 aliphatic carbocycles. The number of hydrogen-bond acceptors (Lipinski definition) is 6. The molecule has 0 bridgehead atoms. The van der Waals surface area contributed by atoms with Crippen LogP contribution >= 0.6 is 11.3 Å². The minimum atomic E-state index is -5.21. The van der Waals surface area contributed by atoms with Crippen molar-refractivity contribution in [2.45, 2.75) is 49.9 Å². The number of nitrogens with one attached hydrogen (secondary N) is 1. The number of pyridine rings is 1. The summed E-state index contributed by atoms with van der Waals surface area (Å²) >= 11 is 0.909. The molecule has 0 atom stereocenters. The van der Waals surface area contributed by atoms with Crippen LogP contribution in [0.15, 0.2) is 20.0 Å². The van der Waals surface area contributed by atoms with Crippen LogP contribution in [-0.2, 0) is 32.8 Å². The average molecular weight is 488 g/mol. The summed E-state index contributed by atoms with van der Waals surface area (Å²) in [6, 6.07) is -0.0838. The monoisotopic (exact) mass is 488 g/mol. The molecule has 0 fully saturated rings. The normalized spacial score (nSPS) is 14.0. The van der Waals surface area contributed by atoms with Gasteiger partial charge < -0.3 is 19.0 Å². The Kier molecular flexibility index (Phi) is 6.79. The summed E-state index contributed by atoms with van der Waals surface area (Å²) in [7, 11) is -2.30. The van der Waals surface area contributed by atoms with Gasteiger partial charge in [-0.25, -0.2) is 9.78 Å². The SMILES string of the molecule is Cc1c(C(F)(F)F)nc(C(F)(F)F)c(C)c1NC(=O)N=[S-](=O)c1cc(C(C)(C)O)cs1. The molecule has 0 saturated heterocycles. The molecule has 2 amide bonds. The van der Waals surface area contributed by atoms with Gasteiger partial charge in [-0.1, -0.05) is 6.07 Å². The lowest BCUT2D eigenvalue weighted by Crippen LogP contribution is -2.21. The molecular formula is C17H16F6N3O3S2-. The third-order valence-corrected chi connectivity index (χ3v) is 6.30. The number of halogens is 6. The zero-order valence-electron chi connectivity index (χ0n) is 16.4. The van der Waals surface area contributed by atoms with Crippen LogP contribution < -0.4 is 5.32 Å². The first-order valence-electron chi connectivity index (χ1n) is 8.34. The number of aromatic nitrogens is 1. The van der Waals surface area contributed by atoms with Crippen molar-refractivity contribution in [2.24, 2.45) is 4.36 Å². The smallest absolute Gasteiger partial charge is 0.433 e. The van der Waals surface area contributed by atoms with E-state index in [0.29, 0.717) is 5.56 Å². The van der Waals surface area contributed by atoms with Gasteiger partial charge in [0.2, 0.25) is 0 Å². The number of aliphatic hydroxyl groups is 1. The number of hydrogen-bond donors (Lipinski definition) is 2. The predicted molar refractivity (Wildman–Crippen MR) is 101 cm³/mol. The lowest BCUT2D eigenvalue weighted by Gasteiger charge is -2.20. The summed E-state index contributed by atoms with van der Waals surface area (Å²) in [5.41, 5.74) is -6.75. The highest BCUT2D eigenvalue weighted by Gasteiger charge is 2.42. The predicted octanol–water partition coefficient (Wildman–Crippen LogP) is 5.76. The topological polar surface area (TPSA) is 91.7 Å². The van der Waals surface area contributed by atoms with Gasteiger partial charge in [0.25, 0.3) is 0 Å². The van der Waals surface area contributed by atoms with Gasteiger partial charge in [-0.05, 0) is 42.8 Å². The molecule has 2 rings (SSSR count). The summed E-state index contributed by atoms with van der Waals surface area (Å²) in [4.78, 5) is 14.8. The number of carbonyl (C=O) groups is 1. The van der Waals surface area contributed by atoms with Crippen molar-refractivity contribution in [3.05, 3.63) is 39.5 Å². The Hall–Kier alpha value is -2.19. The van der Waals surface area contributed by atoms with Crippen LogP contribution in [0.3, 0.4) is 0 Å². The minimum absolute atomic E-state index is 0.0578. The third-order valence-electron chi connectivity index (χ3n) is 4.07. The van der Waals surface area contributed by atoms with Crippen molar-refractivity contribution < 1.29 is 40.5 Å². The van der Waals surface area contributed by atoms with Crippen molar-refractivity contribution in [2.75, 3.05) is 5.32 Å². The maximum absolute atomic E-state index is 13.2. The third kappa shape index (κ3) is 5.74. The average Bonchev–Trinajstić information content (AvgIpc) is 3.06. The Bertz CT molecular complexity index is 1060. The van der Waals surface area contributed by atoms with E-state index in [1.54, 1.807) is 0 Å². The first-order chi connectivity index (χ1) is 13.9. The maximum Gasteiger partial charge on any atom is 0.433 e. The van der Waals surface area contributed by atoms with Gasteiger partial charge in [-0.2, -0.15) is 37.7 Å². The van der Waals surface area contributed by atoms with E-state index in [1.165, 1.54) is 25.3 Å². The lowest BCUT2D eigenvalue weighted by atomic mass is 10.0. The number of carbonyl (C=O) groups excluding carboxylic acids is 1. The molecule has 0 saturated carbocycles. The number of rotatable bonds is 3. The van der Waals surface area contributed by atoms with Gasteiger partial charge in [-0.15, -0.1) is 10.6 Å². The Morgan fingerprint density at radius 1 is 1.10 bits per heavy atom. The van der Waals surface area contributed by atoms with E-state index in [9.17, 15) is 40.5 Å². The Morgan fingerprint density at radius 2 is 1.58 bits per heavy atom. The Labute approximate surface area is 178 Å². The molecule has 172 valence electrons. The number of anilines is 1. The molecule has 0 aromatic carbocycles. The van der Waals surface area contributed by atoms with E-state index in [-0.39, 0.29) is 4.21 Å². The zero-order chi connectivity index (χ0) is 23.9. The number of nitrogens with zero attached hydrogens (tertiary/aromatic N) is 2. The molecule has 2 N–H and O–H groups in total. The summed E-state index contributed by atoms with van der Waals surface area (Å²) in [5.74, 6) is 0. The minimum Gasteiger partial charge on any atom is -0.439 e. The highest BCUT2D eigenvalue weighted by molar-refractivity contribution is 7.78. The second-order valence-corrected chi connectivity index (χ2v) is 9.20. The first kappa shape index (κ1) is 25.1. The molecule has 14 heteroatoms. The van der Waals surface area contributed by atoms with E-state index < -0.39 is 62.8 Å². The van der Waals surface area contributed by atoms with Crippen molar-refractivity contribution >= 4 is 33.7 Å². The van der Waals surface area contributed by atoms with Crippen molar-refractivity contribution in [3.63, 3.8) is 0 Å². The fraction of sp³-hybridized carbons (Fsp3) is 0.412. The van der Waals surface area contributed by atoms with E-state index in [0.717, 1.165) is 25.2 Å². The second-order valence-electron chi connectivity index (χ2n) is 6.91. The number of thiophene rings is 1. The molecule has 0 aliphatic rings. The maximum atomic E-state index is 13.2. The molecule has 0 radical (unpaired) electrons. The summed E-state index contributed by atoms with van der Waals surface area (Å²) in [6.45, 7) is 4.64. The van der Waals surface area contributed by atoms with Gasteiger partial charge >= 0.3 is 18.4 Å². The fourth-order valence-electron chi connectivity index (χ4n) is 2.52. The summed E-state index contributed by atoms with van der Waals surface area (Å²) in [5, 5.41) is 13.2. The largest absolute Gasteiger partial charge is 0.439 e. The second kappa shape index (κ2) is 8.39. The van der Waals surface area contributed by atoms with Crippen LogP contribution in [0, 0.1) is 13.8 Å².